The molecule has 14 aromatic carbocycles. The number of benzene rings is 10. The van der Waals surface area contributed by atoms with E-state index in [1.165, 1.54) is 153 Å². The molecule has 0 radical (unpaired) electrons. The first-order valence-corrected chi connectivity index (χ1v) is 27.5. The summed E-state index contributed by atoms with van der Waals surface area (Å²) >= 11 is 2.92. The largest absolute Gasteiger partial charge is 0.126 e. The SMILES string of the molecule is Cc1ccc2cc[cH-]c2c1.Cc1ccc2cc[cH-]c2c1.[Cl-].[Cl-].[Zr+2]=[C](c1ccccc1)c1ccccc1.[Zr+2]=[C](c1ccccc1)c1ccccc1.c1ccc2c(c1)[cH-]c1ccccc12.c1ccc2c(c1)[cH-]c1ccccc12. The molecule has 0 saturated carbocycles. The molecule has 14 rings (SSSR count). The van der Waals surface area contributed by atoms with Gasteiger partial charge in [0.15, 0.2) is 0 Å². The van der Waals surface area contributed by atoms with E-state index in [2.05, 4.69) is 317 Å². The summed E-state index contributed by atoms with van der Waals surface area (Å²) in [4.78, 5) is 0. The Morgan fingerprint density at radius 3 is 0.803 bits per heavy atom. The van der Waals surface area contributed by atoms with Crippen LogP contribution in [0.25, 0.3) is 64.6 Å². The maximum absolute atomic E-state index is 2.24. The summed E-state index contributed by atoms with van der Waals surface area (Å²) in [5.74, 6) is 0. The zero-order valence-electron chi connectivity index (χ0n) is 42.6. The average molecular weight is 1170 g/mol. The van der Waals surface area contributed by atoms with Gasteiger partial charge in [-0.3, -0.25) is 0 Å². The molecule has 0 aliphatic rings. The van der Waals surface area contributed by atoms with E-state index < -0.39 is 0 Å². The summed E-state index contributed by atoms with van der Waals surface area (Å²) in [5, 5.41) is 16.2. The number of halogens is 2. The molecular weight excluding hydrogens is 1120 g/mol. The minimum absolute atomic E-state index is 0. The van der Waals surface area contributed by atoms with Crippen molar-refractivity contribution >= 4 is 71.0 Å². The zero-order valence-corrected chi connectivity index (χ0v) is 49.1. The van der Waals surface area contributed by atoms with Crippen molar-refractivity contribution in [1.29, 1.82) is 0 Å². The fourth-order valence-electron chi connectivity index (χ4n) is 9.05. The fraction of sp³-hybridized carbons (Fsp3) is 0.0278. The molecular formula is C72H56Cl2Zr2-2. The van der Waals surface area contributed by atoms with E-state index in [0.29, 0.717) is 0 Å². The molecule has 0 fully saturated rings. The topological polar surface area (TPSA) is 0 Å². The summed E-state index contributed by atoms with van der Waals surface area (Å²) < 4.78 is 2.83. The van der Waals surface area contributed by atoms with E-state index in [-0.39, 0.29) is 24.8 Å². The maximum atomic E-state index is 2.24. The Hall–Kier alpha value is -6.75. The van der Waals surface area contributed by atoms with Crippen LogP contribution >= 0.6 is 0 Å². The Morgan fingerprint density at radius 1 is 0.276 bits per heavy atom. The van der Waals surface area contributed by atoms with Gasteiger partial charge in [-0.05, 0) is 13.8 Å². The summed E-state index contributed by atoms with van der Waals surface area (Å²) in [6.45, 7) is 4.24. The molecule has 0 aliphatic carbocycles. The van der Waals surface area contributed by atoms with Gasteiger partial charge in [0.2, 0.25) is 0 Å². The standard InChI is InChI=1S/2C13H9.2C13H10.2C10H9.2ClH.2Zr/c2*1-3-7-12-10(5-1)9-11-6-2-4-8-13(11)12;2*1-3-7-12(8-4-1)11-13-9-5-2-6-10-13;2*1-8-5-6-9-3-2-4-10(9)7-8;;;;/h2*1-9H;2*1-10H;2*2-7H,1H3;2*1H;;/q2*-1;;;2*-1;;;2*+2/p-2. The van der Waals surface area contributed by atoms with Crippen LogP contribution in [0.2, 0.25) is 0 Å². The van der Waals surface area contributed by atoms with Gasteiger partial charge in [-0.1, -0.05) is 96.1 Å². The van der Waals surface area contributed by atoms with Crippen molar-refractivity contribution in [2.75, 3.05) is 0 Å². The smallest absolute Gasteiger partial charge is 0.0771 e. The third-order valence-corrected chi connectivity index (χ3v) is 15.7. The second kappa shape index (κ2) is 29.0. The Kier molecular flexibility index (Phi) is 21.7. The molecule has 0 atom stereocenters. The normalized spacial score (nSPS) is 10.2. The van der Waals surface area contributed by atoms with Gasteiger partial charge in [0.25, 0.3) is 0 Å². The number of hydrogen-bond donors (Lipinski definition) is 0. The van der Waals surface area contributed by atoms with Crippen molar-refractivity contribution in [3.8, 4) is 0 Å². The molecule has 0 saturated heterocycles. The van der Waals surface area contributed by atoms with E-state index in [9.17, 15) is 0 Å². The van der Waals surface area contributed by atoms with Crippen molar-refractivity contribution in [3.63, 3.8) is 0 Å². The van der Waals surface area contributed by atoms with Gasteiger partial charge in [0.1, 0.15) is 0 Å². The molecule has 0 heterocycles. The predicted molar refractivity (Wildman–Crippen MR) is 315 cm³/mol. The summed E-state index contributed by atoms with van der Waals surface area (Å²) in [6.07, 6.45) is 0. The van der Waals surface area contributed by atoms with Crippen LogP contribution in [-0.4, -0.2) is 6.41 Å². The molecule has 368 valence electrons. The van der Waals surface area contributed by atoms with Crippen LogP contribution in [-0.2, 0) is 48.5 Å². The van der Waals surface area contributed by atoms with E-state index >= 15 is 0 Å². The van der Waals surface area contributed by atoms with Crippen LogP contribution < -0.4 is 24.8 Å². The molecule has 0 N–H and O–H groups in total. The maximum Gasteiger partial charge on any atom is -0.0771 e. The van der Waals surface area contributed by atoms with Gasteiger partial charge in [-0.15, -0.1) is 137 Å². The predicted octanol–water partition coefficient (Wildman–Crippen LogP) is 12.8. The molecule has 0 amide bonds. The Labute approximate surface area is 490 Å². The van der Waals surface area contributed by atoms with Crippen molar-refractivity contribution in [1.82, 2.24) is 0 Å². The molecule has 0 nitrogen and oxygen atoms in total. The van der Waals surface area contributed by atoms with Gasteiger partial charge in [0.05, 0.1) is 0 Å². The third-order valence-electron chi connectivity index (χ3n) is 12.9. The minimum atomic E-state index is 0. The molecule has 4 heteroatoms. The van der Waals surface area contributed by atoms with Crippen LogP contribution in [0, 0.1) is 13.8 Å². The van der Waals surface area contributed by atoms with Crippen LogP contribution in [0.15, 0.2) is 303 Å². The van der Waals surface area contributed by atoms with Crippen molar-refractivity contribution in [3.05, 3.63) is 337 Å². The summed E-state index contributed by atoms with van der Waals surface area (Å²) in [6, 6.07) is 106. The Morgan fingerprint density at radius 2 is 0.526 bits per heavy atom. The average Bonchev–Trinajstić information content (AvgIpc) is 4.30. The minimum Gasteiger partial charge on any atom is -0.126 e. The number of rotatable bonds is 4. The molecule has 0 spiro atoms. The first-order valence-electron chi connectivity index (χ1n) is 25.1. The Balaban J connectivity index is 0.000000133. The van der Waals surface area contributed by atoms with Crippen LogP contribution in [0.4, 0.5) is 0 Å². The number of fused-ring (bicyclic) bond motifs is 8. The van der Waals surface area contributed by atoms with Crippen molar-refractivity contribution in [2.45, 2.75) is 13.8 Å². The van der Waals surface area contributed by atoms with Crippen molar-refractivity contribution in [2.24, 2.45) is 0 Å². The Bertz CT molecular complexity index is 3560. The van der Waals surface area contributed by atoms with Gasteiger partial charge in [-0.2, -0.15) is 24.3 Å². The van der Waals surface area contributed by atoms with Gasteiger partial charge >= 0.3 is 198 Å². The molecule has 0 bridgehead atoms. The van der Waals surface area contributed by atoms with Gasteiger partial charge in [0, 0.05) is 0 Å². The third kappa shape index (κ3) is 15.2. The second-order valence-electron chi connectivity index (χ2n) is 18.2. The van der Waals surface area contributed by atoms with Crippen LogP contribution in [0.3, 0.4) is 0 Å². The molecule has 0 unspecified atom stereocenters. The van der Waals surface area contributed by atoms with E-state index in [0.717, 1.165) is 0 Å². The summed E-state index contributed by atoms with van der Waals surface area (Å²) in [5.41, 5.74) is 7.99. The quantitative estimate of drug-likeness (QED) is 0.154. The number of hydrogen-bond acceptors (Lipinski definition) is 0. The molecule has 0 aliphatic heterocycles. The molecule has 0 aromatic heterocycles. The van der Waals surface area contributed by atoms with Crippen molar-refractivity contribution < 1.29 is 73.3 Å². The number of aryl methyl sites for hydroxylation is 2. The molecule has 76 heavy (non-hydrogen) atoms. The van der Waals surface area contributed by atoms with E-state index in [1.54, 1.807) is 0 Å². The van der Waals surface area contributed by atoms with Gasteiger partial charge in [-0.25, -0.2) is 0 Å². The monoisotopic (exact) mass is 1170 g/mol. The molecule has 14 aromatic rings. The van der Waals surface area contributed by atoms with Crippen LogP contribution in [0.1, 0.15) is 33.4 Å². The second-order valence-corrected chi connectivity index (χ2v) is 20.6. The van der Waals surface area contributed by atoms with Gasteiger partial charge < -0.3 is 24.8 Å². The zero-order chi connectivity index (χ0) is 50.9. The first kappa shape index (κ1) is 57.0. The van der Waals surface area contributed by atoms with Crippen LogP contribution in [0.5, 0.6) is 0 Å². The van der Waals surface area contributed by atoms with E-state index in [1.807, 2.05) is 0 Å². The summed E-state index contributed by atoms with van der Waals surface area (Å²) in [7, 11) is 0. The fourth-order valence-corrected chi connectivity index (χ4v) is 10.7. The first-order chi connectivity index (χ1) is 36.4. The van der Waals surface area contributed by atoms with E-state index in [4.69, 9.17) is 0 Å².